The fourth-order valence-corrected chi connectivity index (χ4v) is 2.47. The van der Waals surface area contributed by atoms with Crippen molar-refractivity contribution in [1.82, 2.24) is 9.78 Å². The lowest BCUT2D eigenvalue weighted by Crippen LogP contribution is -2.16. The van der Waals surface area contributed by atoms with Crippen LogP contribution in [0.2, 0.25) is 0 Å². The van der Waals surface area contributed by atoms with E-state index in [2.05, 4.69) is 18.1 Å². The molecule has 21 heavy (non-hydrogen) atoms. The Morgan fingerprint density at radius 3 is 2.62 bits per heavy atom. The highest BCUT2D eigenvalue weighted by Crippen LogP contribution is 2.34. The van der Waals surface area contributed by atoms with Crippen molar-refractivity contribution in [2.45, 2.75) is 25.8 Å². The van der Waals surface area contributed by atoms with Crippen molar-refractivity contribution in [2.75, 3.05) is 14.2 Å². The molecule has 2 N–H and O–H groups in total. The van der Waals surface area contributed by atoms with E-state index in [4.69, 9.17) is 15.2 Å². The number of nitrogens with two attached hydrogens (primary N) is 1. The molecule has 5 nitrogen and oxygen atoms in total. The Labute approximate surface area is 125 Å². The maximum absolute atomic E-state index is 6.37. The van der Waals surface area contributed by atoms with E-state index in [1.54, 1.807) is 14.2 Å². The maximum atomic E-state index is 6.37. The molecule has 0 aliphatic carbocycles. The van der Waals surface area contributed by atoms with Crippen molar-refractivity contribution < 1.29 is 9.47 Å². The van der Waals surface area contributed by atoms with Crippen LogP contribution in [-0.4, -0.2) is 24.0 Å². The monoisotopic (exact) mass is 289 g/mol. The second kappa shape index (κ2) is 6.63. The number of aryl methyl sites for hydroxylation is 2. The number of rotatable bonds is 6. The topological polar surface area (TPSA) is 62.3 Å². The molecule has 0 fully saturated rings. The van der Waals surface area contributed by atoms with E-state index < -0.39 is 0 Å². The van der Waals surface area contributed by atoms with E-state index >= 15 is 0 Å². The van der Waals surface area contributed by atoms with Gasteiger partial charge >= 0.3 is 0 Å². The van der Waals surface area contributed by atoms with Crippen LogP contribution in [0.4, 0.5) is 0 Å². The number of nitrogens with zero attached hydrogens (tertiary/aromatic N) is 2. The van der Waals surface area contributed by atoms with Gasteiger partial charge in [0.15, 0.2) is 11.5 Å². The lowest BCUT2D eigenvalue weighted by molar-refractivity contribution is 0.349. The summed E-state index contributed by atoms with van der Waals surface area (Å²) in [7, 11) is 5.21. The summed E-state index contributed by atoms with van der Waals surface area (Å²) in [6, 6.07) is 7.71. The molecule has 1 heterocycles. The summed E-state index contributed by atoms with van der Waals surface area (Å²) in [6.45, 7) is 2.09. The van der Waals surface area contributed by atoms with E-state index in [-0.39, 0.29) is 6.04 Å². The molecule has 0 spiro atoms. The third-order valence-corrected chi connectivity index (χ3v) is 3.65. The lowest BCUT2D eigenvalue weighted by Gasteiger charge is -2.17. The zero-order valence-electron chi connectivity index (χ0n) is 13.1. The van der Waals surface area contributed by atoms with Crippen molar-refractivity contribution in [3.05, 3.63) is 41.2 Å². The van der Waals surface area contributed by atoms with E-state index in [1.807, 2.05) is 29.9 Å². The zero-order valence-corrected chi connectivity index (χ0v) is 13.1. The number of ether oxygens (including phenoxy) is 2. The summed E-state index contributed by atoms with van der Waals surface area (Å²) < 4.78 is 12.7. The summed E-state index contributed by atoms with van der Waals surface area (Å²) in [4.78, 5) is 0. The Hall–Kier alpha value is -2.01. The first-order valence-corrected chi connectivity index (χ1v) is 7.09. The van der Waals surface area contributed by atoms with Crippen LogP contribution in [0.3, 0.4) is 0 Å². The standard InChI is InChI=1S/C16H23N3O2/c1-5-11-9-12(19(2)18-11)10-14(17)13-7-6-8-15(20-3)16(13)21-4/h6-9,14H,5,10,17H2,1-4H3. The first-order valence-electron chi connectivity index (χ1n) is 7.09. The number of hydrogen-bond donors (Lipinski definition) is 1. The van der Waals surface area contributed by atoms with Crippen LogP contribution in [0.1, 0.15) is 29.9 Å². The Kier molecular flexibility index (Phi) is 4.85. The zero-order chi connectivity index (χ0) is 15.4. The SMILES string of the molecule is CCc1cc(CC(N)c2cccc(OC)c2OC)n(C)n1. The minimum atomic E-state index is -0.171. The van der Waals surface area contributed by atoms with Crippen LogP contribution in [0.25, 0.3) is 0 Å². The molecule has 1 atom stereocenters. The van der Waals surface area contributed by atoms with Crippen molar-refractivity contribution >= 4 is 0 Å². The highest BCUT2D eigenvalue weighted by molar-refractivity contribution is 5.48. The quantitative estimate of drug-likeness (QED) is 0.886. The molecule has 0 radical (unpaired) electrons. The third-order valence-electron chi connectivity index (χ3n) is 3.65. The molecule has 0 saturated carbocycles. The van der Waals surface area contributed by atoms with Gasteiger partial charge in [0.25, 0.3) is 0 Å². The van der Waals surface area contributed by atoms with Gasteiger partial charge in [-0.15, -0.1) is 0 Å². The van der Waals surface area contributed by atoms with Crippen LogP contribution in [0, 0.1) is 0 Å². The van der Waals surface area contributed by atoms with Crippen LogP contribution < -0.4 is 15.2 Å². The molecule has 0 amide bonds. The van der Waals surface area contributed by atoms with Crippen molar-refractivity contribution in [3.63, 3.8) is 0 Å². The van der Waals surface area contributed by atoms with Crippen LogP contribution in [0.15, 0.2) is 24.3 Å². The third kappa shape index (κ3) is 3.19. The van der Waals surface area contributed by atoms with Gasteiger partial charge in [-0.05, 0) is 18.6 Å². The van der Waals surface area contributed by atoms with Gasteiger partial charge in [-0.2, -0.15) is 5.10 Å². The molecule has 0 saturated heterocycles. The van der Waals surface area contributed by atoms with E-state index in [0.717, 1.165) is 23.4 Å². The normalized spacial score (nSPS) is 12.2. The van der Waals surface area contributed by atoms with E-state index in [1.165, 1.54) is 0 Å². The molecule has 0 aliphatic rings. The molecule has 5 heteroatoms. The largest absolute Gasteiger partial charge is 0.493 e. The number of benzene rings is 1. The fraction of sp³-hybridized carbons (Fsp3) is 0.438. The number of methoxy groups -OCH3 is 2. The molecule has 114 valence electrons. The second-order valence-electron chi connectivity index (χ2n) is 5.00. The molecule has 1 aromatic heterocycles. The van der Waals surface area contributed by atoms with Gasteiger partial charge in [0.1, 0.15) is 0 Å². The lowest BCUT2D eigenvalue weighted by atomic mass is 10.0. The average Bonchev–Trinajstić information content (AvgIpc) is 2.86. The van der Waals surface area contributed by atoms with E-state index in [9.17, 15) is 0 Å². The maximum Gasteiger partial charge on any atom is 0.165 e. The van der Waals surface area contributed by atoms with Gasteiger partial charge in [-0.25, -0.2) is 0 Å². The van der Waals surface area contributed by atoms with Crippen LogP contribution in [-0.2, 0) is 19.9 Å². The molecular weight excluding hydrogens is 266 g/mol. The van der Waals surface area contributed by atoms with Gasteiger partial charge in [-0.1, -0.05) is 19.1 Å². The summed E-state index contributed by atoms with van der Waals surface area (Å²) >= 11 is 0. The fourth-order valence-electron chi connectivity index (χ4n) is 2.47. The van der Waals surface area contributed by atoms with Gasteiger partial charge < -0.3 is 15.2 Å². The van der Waals surface area contributed by atoms with E-state index in [0.29, 0.717) is 17.9 Å². The summed E-state index contributed by atoms with van der Waals surface area (Å²) in [5.74, 6) is 1.40. The second-order valence-corrected chi connectivity index (χ2v) is 5.00. The van der Waals surface area contributed by atoms with Crippen LogP contribution in [0.5, 0.6) is 11.5 Å². The Balaban J connectivity index is 2.27. The summed E-state index contributed by atoms with van der Waals surface area (Å²) in [5, 5.41) is 4.46. The smallest absolute Gasteiger partial charge is 0.165 e. The predicted molar refractivity (Wildman–Crippen MR) is 82.8 cm³/mol. The molecule has 2 aromatic rings. The van der Waals surface area contributed by atoms with Crippen LogP contribution >= 0.6 is 0 Å². The van der Waals surface area contributed by atoms with Gasteiger partial charge in [-0.3, -0.25) is 4.68 Å². The Morgan fingerprint density at radius 1 is 1.29 bits per heavy atom. The molecule has 2 rings (SSSR count). The minimum Gasteiger partial charge on any atom is -0.493 e. The Morgan fingerprint density at radius 2 is 2.05 bits per heavy atom. The minimum absolute atomic E-state index is 0.171. The Bertz CT molecular complexity index is 608. The van der Waals surface area contributed by atoms with Gasteiger partial charge in [0, 0.05) is 30.8 Å². The van der Waals surface area contributed by atoms with Gasteiger partial charge in [0.05, 0.1) is 19.9 Å². The van der Waals surface area contributed by atoms with Crippen molar-refractivity contribution in [2.24, 2.45) is 12.8 Å². The number of para-hydroxylation sites is 1. The van der Waals surface area contributed by atoms with Gasteiger partial charge in [0.2, 0.25) is 0 Å². The molecule has 0 aliphatic heterocycles. The molecule has 0 bridgehead atoms. The van der Waals surface area contributed by atoms with Crippen molar-refractivity contribution in [3.8, 4) is 11.5 Å². The highest BCUT2D eigenvalue weighted by atomic mass is 16.5. The number of aromatic nitrogens is 2. The van der Waals surface area contributed by atoms with Crippen molar-refractivity contribution in [1.29, 1.82) is 0 Å². The first-order chi connectivity index (χ1) is 10.1. The molecule has 1 aromatic carbocycles. The first kappa shape index (κ1) is 15.4. The predicted octanol–water partition coefficient (Wildman–Crippen LogP) is 2.24. The average molecular weight is 289 g/mol. The highest BCUT2D eigenvalue weighted by Gasteiger charge is 2.18. The summed E-state index contributed by atoms with van der Waals surface area (Å²) in [5.41, 5.74) is 9.51. The summed E-state index contributed by atoms with van der Waals surface area (Å²) in [6.07, 6.45) is 1.62. The molecular formula is C16H23N3O2. The number of hydrogen-bond acceptors (Lipinski definition) is 4. The molecule has 1 unspecified atom stereocenters.